The molecule has 72 heavy (non-hydrogen) atoms. The van der Waals surface area contributed by atoms with Gasteiger partial charge in [-0.25, -0.2) is 0 Å². The third kappa shape index (κ3) is 7.36. The largest absolute Gasteiger partial charge is 0.416 e. The number of aryl methyl sites for hydroxylation is 4. The zero-order valence-corrected chi connectivity index (χ0v) is 40.1. The van der Waals surface area contributed by atoms with Crippen molar-refractivity contribution in [2.75, 3.05) is 0 Å². The standard InChI is InChI=1S/C66H46F3N3/c1-40-14-5-9-20-51(40)45-24-28-55-56-29-25-46(52-21-10-6-15-41(52)2)34-60(56)71(59(55)33-45)63-37-50(66(67,68)69)38-64(65(63)49-19-13-18-44(32-49)39-70)72-61-35-47(53-22-11-7-16-42(53)3)26-30-57(61)58-31-27-48(36-62(58)72)54-23-12-8-17-43(54)4/h5-38H,1-4H3. The van der Waals surface area contributed by atoms with Crippen LogP contribution in [0.1, 0.15) is 33.4 Å². The van der Waals surface area contributed by atoms with Crippen molar-refractivity contribution >= 4 is 43.6 Å². The molecule has 346 valence electrons. The van der Waals surface area contributed by atoms with Crippen LogP contribution in [0.2, 0.25) is 0 Å². The summed E-state index contributed by atoms with van der Waals surface area (Å²) in [6.07, 6.45) is -4.76. The lowest BCUT2D eigenvalue weighted by Crippen LogP contribution is -2.11. The summed E-state index contributed by atoms with van der Waals surface area (Å²) >= 11 is 0. The van der Waals surface area contributed by atoms with Crippen LogP contribution in [0.3, 0.4) is 0 Å². The number of halogens is 3. The zero-order valence-electron chi connectivity index (χ0n) is 40.1. The van der Waals surface area contributed by atoms with Gasteiger partial charge in [0.15, 0.2) is 0 Å². The quantitative estimate of drug-likeness (QED) is 0.157. The molecule has 2 aromatic heterocycles. The van der Waals surface area contributed by atoms with Crippen LogP contribution in [0, 0.1) is 39.0 Å². The van der Waals surface area contributed by atoms with Crippen molar-refractivity contribution < 1.29 is 13.2 Å². The Bertz CT molecular complexity index is 3780. The minimum Gasteiger partial charge on any atom is -0.308 e. The molecule has 0 aliphatic rings. The summed E-state index contributed by atoms with van der Waals surface area (Å²) in [6, 6.07) is 70.2. The lowest BCUT2D eigenvalue weighted by atomic mass is 9.95. The van der Waals surface area contributed by atoms with Crippen LogP contribution in [0.5, 0.6) is 0 Å². The van der Waals surface area contributed by atoms with Crippen molar-refractivity contribution in [2.24, 2.45) is 0 Å². The Balaban J connectivity index is 1.29. The summed E-state index contributed by atoms with van der Waals surface area (Å²) in [7, 11) is 0. The van der Waals surface area contributed by atoms with Crippen molar-refractivity contribution in [1.29, 1.82) is 5.26 Å². The molecule has 0 aliphatic carbocycles. The third-order valence-corrected chi connectivity index (χ3v) is 14.5. The van der Waals surface area contributed by atoms with Gasteiger partial charge in [0.05, 0.1) is 50.6 Å². The number of hydrogen-bond donors (Lipinski definition) is 0. The Kier molecular flexibility index (Phi) is 10.6. The number of alkyl halides is 3. The summed E-state index contributed by atoms with van der Waals surface area (Å²) in [5.41, 5.74) is 16.6. The van der Waals surface area contributed by atoms with Gasteiger partial charge in [-0.15, -0.1) is 0 Å². The van der Waals surface area contributed by atoms with Gasteiger partial charge in [-0.3, -0.25) is 0 Å². The summed E-state index contributed by atoms with van der Waals surface area (Å²) in [4.78, 5) is 0. The van der Waals surface area contributed by atoms with Crippen LogP contribution >= 0.6 is 0 Å². The number of nitrogens with zero attached hydrogens (tertiary/aromatic N) is 3. The van der Waals surface area contributed by atoms with E-state index in [1.807, 2.05) is 69.8 Å². The summed E-state index contributed by atoms with van der Waals surface area (Å²) in [5.74, 6) is 0. The smallest absolute Gasteiger partial charge is 0.308 e. The highest BCUT2D eigenvalue weighted by atomic mass is 19.4. The van der Waals surface area contributed by atoms with Gasteiger partial charge in [0.25, 0.3) is 0 Å². The molecule has 0 unspecified atom stereocenters. The van der Waals surface area contributed by atoms with Crippen molar-refractivity contribution in [3.8, 4) is 73.1 Å². The van der Waals surface area contributed by atoms with Crippen molar-refractivity contribution in [1.82, 2.24) is 9.13 Å². The lowest BCUT2D eigenvalue weighted by Gasteiger charge is -2.23. The zero-order chi connectivity index (χ0) is 49.4. The first-order valence-corrected chi connectivity index (χ1v) is 24.1. The van der Waals surface area contributed by atoms with E-state index in [1.54, 1.807) is 12.1 Å². The molecule has 0 atom stereocenters. The van der Waals surface area contributed by atoms with E-state index in [-0.39, 0.29) is 0 Å². The Morgan fingerprint density at radius 2 is 0.694 bits per heavy atom. The van der Waals surface area contributed by atoms with Crippen molar-refractivity contribution in [2.45, 2.75) is 33.9 Å². The van der Waals surface area contributed by atoms with Gasteiger partial charge in [-0.05, 0) is 149 Å². The number of rotatable bonds is 7. The second kappa shape index (κ2) is 17.2. The maximum Gasteiger partial charge on any atom is 0.416 e. The van der Waals surface area contributed by atoms with Gasteiger partial charge in [0.1, 0.15) is 0 Å². The first kappa shape index (κ1) is 44.3. The Morgan fingerprint density at radius 1 is 0.361 bits per heavy atom. The van der Waals surface area contributed by atoms with Gasteiger partial charge in [0, 0.05) is 27.1 Å². The van der Waals surface area contributed by atoms with Gasteiger partial charge in [-0.2, -0.15) is 18.4 Å². The van der Waals surface area contributed by atoms with E-state index in [0.29, 0.717) is 28.1 Å². The molecule has 0 spiro atoms. The Morgan fingerprint density at radius 3 is 1.00 bits per heavy atom. The lowest BCUT2D eigenvalue weighted by molar-refractivity contribution is -0.137. The molecule has 0 amide bonds. The van der Waals surface area contributed by atoms with E-state index in [9.17, 15) is 5.26 Å². The van der Waals surface area contributed by atoms with Crippen LogP contribution in [-0.2, 0) is 6.18 Å². The highest BCUT2D eigenvalue weighted by molar-refractivity contribution is 6.14. The number of fused-ring (bicyclic) bond motifs is 6. The summed E-state index contributed by atoms with van der Waals surface area (Å²) in [5, 5.41) is 14.1. The molecular weight excluding hydrogens is 892 g/mol. The van der Waals surface area contributed by atoms with Gasteiger partial charge < -0.3 is 9.13 Å². The maximum absolute atomic E-state index is 16.2. The fraction of sp³-hybridized carbons (Fsp3) is 0.0758. The number of benzene rings is 10. The van der Waals surface area contributed by atoms with E-state index >= 15 is 13.2 Å². The molecule has 0 radical (unpaired) electrons. The van der Waals surface area contributed by atoms with Crippen LogP contribution in [0.4, 0.5) is 13.2 Å². The number of aromatic nitrogens is 2. The van der Waals surface area contributed by atoms with Crippen molar-refractivity contribution in [3.05, 3.63) is 240 Å². The molecule has 10 aromatic carbocycles. The molecular formula is C66H46F3N3. The molecule has 2 heterocycles. The molecule has 6 heteroatoms. The van der Waals surface area contributed by atoms with Crippen LogP contribution in [0.15, 0.2) is 206 Å². The Hall–Kier alpha value is -8.92. The molecule has 12 rings (SSSR count). The van der Waals surface area contributed by atoms with Crippen LogP contribution in [0.25, 0.3) is 111 Å². The minimum absolute atomic E-state index is 0.332. The van der Waals surface area contributed by atoms with Crippen LogP contribution < -0.4 is 0 Å². The number of nitriles is 1. The molecule has 0 bridgehead atoms. The van der Waals surface area contributed by atoms with E-state index in [0.717, 1.165) is 110 Å². The third-order valence-electron chi connectivity index (χ3n) is 14.5. The first-order chi connectivity index (χ1) is 34.9. The van der Waals surface area contributed by atoms with E-state index in [1.165, 1.54) is 12.1 Å². The predicted octanol–water partition coefficient (Wildman–Crippen LogP) is 18.3. The van der Waals surface area contributed by atoms with E-state index in [4.69, 9.17) is 0 Å². The van der Waals surface area contributed by atoms with Crippen LogP contribution in [-0.4, -0.2) is 9.13 Å². The molecule has 0 fully saturated rings. The van der Waals surface area contributed by atoms with E-state index < -0.39 is 11.7 Å². The van der Waals surface area contributed by atoms with Gasteiger partial charge in [-0.1, -0.05) is 158 Å². The highest BCUT2D eigenvalue weighted by Crippen LogP contribution is 2.47. The molecule has 0 saturated carbocycles. The second-order valence-corrected chi connectivity index (χ2v) is 18.9. The molecule has 3 nitrogen and oxygen atoms in total. The molecule has 0 saturated heterocycles. The molecule has 0 N–H and O–H groups in total. The average Bonchev–Trinajstić information content (AvgIpc) is 3.89. The predicted molar refractivity (Wildman–Crippen MR) is 291 cm³/mol. The fourth-order valence-corrected chi connectivity index (χ4v) is 11.0. The van der Waals surface area contributed by atoms with Gasteiger partial charge >= 0.3 is 6.18 Å². The van der Waals surface area contributed by atoms with Gasteiger partial charge in [0.2, 0.25) is 0 Å². The van der Waals surface area contributed by atoms with Crippen molar-refractivity contribution in [3.63, 3.8) is 0 Å². The summed E-state index contributed by atoms with van der Waals surface area (Å²) in [6.45, 7) is 8.29. The monoisotopic (exact) mass is 937 g/mol. The fourth-order valence-electron chi connectivity index (χ4n) is 11.0. The second-order valence-electron chi connectivity index (χ2n) is 18.9. The topological polar surface area (TPSA) is 33.6 Å². The maximum atomic E-state index is 16.2. The average molecular weight is 938 g/mol. The van der Waals surface area contributed by atoms with E-state index in [2.05, 4.69) is 155 Å². The first-order valence-electron chi connectivity index (χ1n) is 24.1. The normalized spacial score (nSPS) is 11.8. The SMILES string of the molecule is Cc1ccccc1-c1ccc2c3ccc(-c4ccccc4C)cc3n(-c3cc(C(F)(F)F)cc(-n4c5cc(-c6ccccc6C)ccc5c5ccc(-c6ccccc6C)cc54)c3-c3cccc(C#N)c3)c2c1. The summed E-state index contributed by atoms with van der Waals surface area (Å²) < 4.78 is 52.7. The minimum atomic E-state index is -4.76. The number of hydrogen-bond acceptors (Lipinski definition) is 1. The highest BCUT2D eigenvalue weighted by Gasteiger charge is 2.35. The Labute approximate surface area is 415 Å². The molecule has 12 aromatic rings. The molecule has 0 aliphatic heterocycles.